The van der Waals surface area contributed by atoms with E-state index in [-0.39, 0.29) is 42.7 Å². The molecule has 0 bridgehead atoms. The van der Waals surface area contributed by atoms with Gasteiger partial charge in [-0.3, -0.25) is 18.7 Å². The molecule has 260 valence electrons. The van der Waals surface area contributed by atoms with Gasteiger partial charge in [-0.25, -0.2) is 0 Å². The van der Waals surface area contributed by atoms with Crippen molar-refractivity contribution >= 4 is 22.6 Å². The highest BCUT2D eigenvalue weighted by molar-refractivity contribution is 7.85. The zero-order chi connectivity index (χ0) is 34.3. The van der Waals surface area contributed by atoms with Crippen LogP contribution in [0.3, 0.4) is 0 Å². The molecule has 0 saturated heterocycles. The number of rotatable bonds is 19. The van der Waals surface area contributed by atoms with Crippen molar-refractivity contribution in [2.24, 2.45) is 17.8 Å². The van der Waals surface area contributed by atoms with Gasteiger partial charge < -0.3 is 20.8 Å². The van der Waals surface area contributed by atoms with Crippen molar-refractivity contribution in [1.29, 1.82) is 0 Å². The molecule has 0 aromatic heterocycles. The highest BCUT2D eigenvalue weighted by Crippen LogP contribution is 2.29. The Morgan fingerprint density at radius 1 is 1.09 bits per heavy atom. The number of halogens is 3. The maximum Gasteiger partial charge on any atom is 0.401 e. The fourth-order valence-corrected chi connectivity index (χ4v) is 7.33. The van der Waals surface area contributed by atoms with E-state index in [1.807, 2.05) is 32.0 Å². The first-order valence-corrected chi connectivity index (χ1v) is 17.7. The number of benzene rings is 1. The lowest BCUT2D eigenvalue weighted by atomic mass is 9.82. The molecule has 1 aliphatic carbocycles. The number of carbonyl (C=O) groups excluding carboxylic acids is 2. The van der Waals surface area contributed by atoms with Crippen LogP contribution in [0, 0.1) is 30.1 Å². The van der Waals surface area contributed by atoms with Gasteiger partial charge in [0, 0.05) is 35.3 Å². The van der Waals surface area contributed by atoms with Crippen molar-refractivity contribution in [1.82, 2.24) is 15.5 Å². The predicted molar refractivity (Wildman–Crippen MR) is 175 cm³/mol. The molecular weight excluding hydrogens is 619 g/mol. The molecule has 1 fully saturated rings. The smallest absolute Gasteiger partial charge is 0.390 e. The van der Waals surface area contributed by atoms with Crippen molar-refractivity contribution in [2.75, 3.05) is 31.6 Å². The topological polar surface area (TPSA) is 119 Å². The first kappa shape index (κ1) is 39.7. The molecule has 1 saturated carbocycles. The molecule has 0 heterocycles. The molecule has 4 N–H and O–H groups in total. The summed E-state index contributed by atoms with van der Waals surface area (Å²) < 4.78 is 51.1. The molecule has 6 atom stereocenters. The third-order valence-corrected chi connectivity index (χ3v) is 9.76. The lowest BCUT2D eigenvalue weighted by Crippen LogP contribution is -2.56. The molecule has 1 aliphatic rings. The molecule has 1 aromatic rings. The second-order valence-corrected chi connectivity index (χ2v) is 14.7. The van der Waals surface area contributed by atoms with Gasteiger partial charge in [-0.05, 0) is 43.7 Å². The maximum absolute atomic E-state index is 13.6. The van der Waals surface area contributed by atoms with E-state index in [1.165, 1.54) is 7.05 Å². The number of hydrogen-bond donors (Lipinski definition) is 4. The van der Waals surface area contributed by atoms with Crippen LogP contribution in [0.2, 0.25) is 0 Å². The first-order valence-electron chi connectivity index (χ1n) is 16.2. The number of aliphatic hydroxyl groups excluding tert-OH is 2. The van der Waals surface area contributed by atoms with Gasteiger partial charge in [-0.1, -0.05) is 76.3 Å². The van der Waals surface area contributed by atoms with Crippen LogP contribution < -0.4 is 10.6 Å². The van der Waals surface area contributed by atoms with Gasteiger partial charge in [0.2, 0.25) is 11.8 Å². The molecule has 2 rings (SSSR count). The standard InChI is InChI=1S/C34H52F3N3O5S/c1-5-12-28(33(44)39-29(21-26-15-10-7-11-16-26)31(42)30(41)19-24(2)3)38-32(43)27(20-25-13-8-6-9-14-25)22-46(45)18-17-40(4)23-34(35,36)37/h1,6,8-9,13-14,24,26-31,41-42H,7,10-12,15-23H2,2-4H3,(H,38,43)(H,39,44)/t27-,28+,29+,30+,31-,46?/m1/s1. The number of alkyl halides is 3. The van der Waals surface area contributed by atoms with Crippen LogP contribution >= 0.6 is 0 Å². The molecular formula is C34H52F3N3O5S. The Bertz CT molecular complexity index is 1130. The van der Waals surface area contributed by atoms with Crippen LogP contribution in [0.5, 0.6) is 0 Å². The average Bonchev–Trinajstić information content (AvgIpc) is 2.98. The summed E-state index contributed by atoms with van der Waals surface area (Å²) in [5.74, 6) is 0.667. The van der Waals surface area contributed by atoms with Crippen molar-refractivity contribution in [2.45, 2.75) is 102 Å². The zero-order valence-electron chi connectivity index (χ0n) is 27.3. The van der Waals surface area contributed by atoms with Gasteiger partial charge in [0.05, 0.1) is 24.6 Å². The van der Waals surface area contributed by atoms with Crippen molar-refractivity contribution in [3.63, 3.8) is 0 Å². The Hall–Kier alpha value is -2.46. The van der Waals surface area contributed by atoms with Crippen LogP contribution in [0.4, 0.5) is 13.2 Å². The highest BCUT2D eigenvalue weighted by atomic mass is 32.2. The monoisotopic (exact) mass is 671 g/mol. The minimum Gasteiger partial charge on any atom is -0.390 e. The summed E-state index contributed by atoms with van der Waals surface area (Å²) in [7, 11) is -0.330. The van der Waals surface area contributed by atoms with E-state index < -0.39 is 65.5 Å². The maximum atomic E-state index is 13.6. The van der Waals surface area contributed by atoms with Gasteiger partial charge in [0.1, 0.15) is 12.1 Å². The Morgan fingerprint density at radius 3 is 2.33 bits per heavy atom. The number of amides is 2. The molecule has 1 unspecified atom stereocenters. The summed E-state index contributed by atoms with van der Waals surface area (Å²) in [5.41, 5.74) is 0.793. The van der Waals surface area contributed by atoms with E-state index in [9.17, 15) is 37.2 Å². The summed E-state index contributed by atoms with van der Waals surface area (Å²) in [5, 5.41) is 27.4. The lowest BCUT2D eigenvalue weighted by molar-refractivity contribution is -0.142. The Balaban J connectivity index is 2.18. The Morgan fingerprint density at radius 2 is 1.74 bits per heavy atom. The van der Waals surface area contributed by atoms with Crippen molar-refractivity contribution in [3.8, 4) is 12.3 Å². The Labute approximate surface area is 274 Å². The van der Waals surface area contributed by atoms with Gasteiger partial charge >= 0.3 is 6.18 Å². The van der Waals surface area contributed by atoms with E-state index in [0.717, 1.165) is 42.6 Å². The summed E-state index contributed by atoms with van der Waals surface area (Å²) in [6, 6.07) is 7.14. The number of nitrogens with one attached hydrogen (secondary N) is 2. The first-order chi connectivity index (χ1) is 21.7. The van der Waals surface area contributed by atoms with Gasteiger partial charge in [-0.2, -0.15) is 13.2 Å². The van der Waals surface area contributed by atoms with Crippen molar-refractivity contribution in [3.05, 3.63) is 35.9 Å². The van der Waals surface area contributed by atoms with Crippen LogP contribution in [0.15, 0.2) is 30.3 Å². The lowest BCUT2D eigenvalue weighted by Gasteiger charge is -2.33. The minimum absolute atomic E-state index is 0.0567. The van der Waals surface area contributed by atoms with Crippen LogP contribution in [0.1, 0.15) is 70.8 Å². The average molecular weight is 672 g/mol. The summed E-state index contributed by atoms with van der Waals surface area (Å²) in [6.07, 6.45) is 5.04. The fourth-order valence-electron chi connectivity index (χ4n) is 5.93. The fraction of sp³-hybridized carbons (Fsp3) is 0.706. The molecule has 0 aliphatic heterocycles. The normalized spacial score (nSPS) is 18.3. The quantitative estimate of drug-likeness (QED) is 0.166. The predicted octanol–water partition coefficient (Wildman–Crippen LogP) is 3.82. The third kappa shape index (κ3) is 15.4. The van der Waals surface area contributed by atoms with E-state index in [4.69, 9.17) is 6.42 Å². The molecule has 2 amide bonds. The number of carbonyl (C=O) groups is 2. The summed E-state index contributed by atoms with van der Waals surface area (Å²) in [6.45, 7) is 2.67. The van der Waals surface area contributed by atoms with Crippen LogP contribution in [-0.2, 0) is 26.8 Å². The molecule has 8 nitrogen and oxygen atoms in total. The number of terminal acetylenes is 1. The van der Waals surface area contributed by atoms with E-state index in [0.29, 0.717) is 12.8 Å². The summed E-state index contributed by atoms with van der Waals surface area (Å²) >= 11 is 0. The van der Waals surface area contributed by atoms with Gasteiger partial charge in [-0.15, -0.1) is 12.3 Å². The number of hydrogen-bond acceptors (Lipinski definition) is 6. The largest absolute Gasteiger partial charge is 0.401 e. The van der Waals surface area contributed by atoms with Crippen LogP contribution in [0.25, 0.3) is 0 Å². The number of aliphatic hydroxyl groups is 2. The Kier molecular flexibility index (Phi) is 17.3. The van der Waals surface area contributed by atoms with E-state index in [2.05, 4.69) is 16.6 Å². The summed E-state index contributed by atoms with van der Waals surface area (Å²) in [4.78, 5) is 28.3. The molecule has 1 aromatic carbocycles. The number of nitrogens with zero attached hydrogens (tertiary/aromatic N) is 1. The zero-order valence-corrected chi connectivity index (χ0v) is 28.1. The second-order valence-electron chi connectivity index (χ2n) is 13.1. The molecule has 12 heteroatoms. The SMILES string of the molecule is C#CC[C@H](NC(=O)[C@H](Cc1ccccc1)CS(=O)CCN(C)CC(F)(F)F)C(=O)N[C@@H](CC1CCCCC1)[C@@H](O)[C@@H](O)CC(C)C. The van der Waals surface area contributed by atoms with Crippen LogP contribution in [-0.4, -0.2) is 93.2 Å². The highest BCUT2D eigenvalue weighted by Gasteiger charge is 2.34. The molecule has 0 spiro atoms. The van der Waals surface area contributed by atoms with E-state index >= 15 is 0 Å². The van der Waals surface area contributed by atoms with Gasteiger partial charge in [0.25, 0.3) is 0 Å². The second kappa shape index (κ2) is 20.0. The molecule has 46 heavy (non-hydrogen) atoms. The molecule has 0 radical (unpaired) electrons. The minimum atomic E-state index is -4.38. The van der Waals surface area contributed by atoms with Gasteiger partial charge in [0.15, 0.2) is 0 Å². The third-order valence-electron chi connectivity index (χ3n) is 8.35. The van der Waals surface area contributed by atoms with Crippen molar-refractivity contribution < 1.29 is 37.2 Å². The van der Waals surface area contributed by atoms with E-state index in [1.54, 1.807) is 12.1 Å².